The Labute approximate surface area is 261 Å². The second kappa shape index (κ2) is 15.4. The molecule has 1 heterocycles. The minimum absolute atomic E-state index is 0. The van der Waals surface area contributed by atoms with Gasteiger partial charge in [0.1, 0.15) is 11.0 Å². The molecule has 6 nitrogen and oxygen atoms in total. The number of aliphatic carboxylic acids is 1. The van der Waals surface area contributed by atoms with Gasteiger partial charge in [0.25, 0.3) is 5.91 Å². The summed E-state index contributed by atoms with van der Waals surface area (Å²) in [4.78, 5) is 30.5. The van der Waals surface area contributed by atoms with Gasteiger partial charge >= 0.3 is 24.8 Å². The zero-order chi connectivity index (χ0) is 27.8. The second-order valence-corrected chi connectivity index (χ2v) is 11.5. The molecule has 3 aromatic carbocycles. The Kier molecular flexibility index (Phi) is 12.3. The summed E-state index contributed by atoms with van der Waals surface area (Å²) >= 11 is 9.10. The van der Waals surface area contributed by atoms with Crippen LogP contribution in [-0.4, -0.2) is 40.0 Å². The van der Waals surface area contributed by atoms with Crippen molar-refractivity contribution in [1.82, 2.24) is 10.3 Å². The van der Waals surface area contributed by atoms with Crippen LogP contribution in [0.15, 0.2) is 72.9 Å². The van der Waals surface area contributed by atoms with E-state index in [-0.39, 0.29) is 20.3 Å². The zero-order valence-electron chi connectivity index (χ0n) is 23.6. The number of amides is 1. The third-order valence-electron chi connectivity index (χ3n) is 6.14. The molecule has 204 valence electrons. The van der Waals surface area contributed by atoms with E-state index in [0.29, 0.717) is 36.0 Å². The summed E-state index contributed by atoms with van der Waals surface area (Å²) in [7, 11) is 0. The van der Waals surface area contributed by atoms with E-state index in [0.717, 1.165) is 37.7 Å². The summed E-state index contributed by atoms with van der Waals surface area (Å²) in [6.45, 7) is 2.74. The van der Waals surface area contributed by atoms with Crippen molar-refractivity contribution in [3.05, 3.63) is 99.5 Å². The monoisotopic (exact) mass is 588 g/mol. The normalized spacial score (nSPS) is 11.5. The number of thioether (sulfide) groups is 1. The second-order valence-electron chi connectivity index (χ2n) is 8.97. The quantitative estimate of drug-likeness (QED) is 0.241. The number of carboxylic acid groups (broad SMARTS) is 1. The van der Waals surface area contributed by atoms with Crippen LogP contribution in [0, 0.1) is 6.92 Å². The van der Waals surface area contributed by atoms with E-state index in [9.17, 15) is 14.7 Å². The number of nitrogens with zero attached hydrogens (tertiary/aromatic N) is 1. The summed E-state index contributed by atoms with van der Waals surface area (Å²) in [5.74, 6) is -0.810. The van der Waals surface area contributed by atoms with Crippen LogP contribution in [0.5, 0.6) is 0 Å². The molecule has 1 atom stereocenters. The first-order valence-electron chi connectivity index (χ1n) is 12.4. The first kappa shape index (κ1) is 31.9. The Morgan fingerprint density at radius 2 is 1.85 bits per heavy atom. The van der Waals surface area contributed by atoms with Crippen LogP contribution in [0.3, 0.4) is 0 Å². The molecule has 0 saturated heterocycles. The van der Waals surface area contributed by atoms with Crippen LogP contribution >= 0.6 is 34.7 Å². The van der Waals surface area contributed by atoms with E-state index in [1.54, 1.807) is 29.2 Å². The third-order valence-corrected chi connectivity index (χ3v) is 8.05. The van der Waals surface area contributed by atoms with E-state index in [4.69, 9.17) is 16.3 Å². The largest absolute Gasteiger partial charge is 1.00 e. The van der Waals surface area contributed by atoms with Crippen LogP contribution in [-0.2, 0) is 22.7 Å². The van der Waals surface area contributed by atoms with Gasteiger partial charge in [0, 0.05) is 22.3 Å². The maximum atomic E-state index is 13.3. The van der Waals surface area contributed by atoms with Gasteiger partial charge in [0.2, 0.25) is 0 Å². The Morgan fingerprint density at radius 3 is 2.55 bits per heavy atom. The fourth-order valence-corrected chi connectivity index (χ4v) is 5.53. The number of nitrogens with one attached hydrogen (secondary N) is 1. The smallest absolute Gasteiger partial charge is 1.00 e. The van der Waals surface area contributed by atoms with Gasteiger partial charge in [0.15, 0.2) is 0 Å². The van der Waals surface area contributed by atoms with E-state index in [2.05, 4.69) is 10.3 Å². The van der Waals surface area contributed by atoms with Gasteiger partial charge in [-0.1, -0.05) is 54.1 Å². The maximum absolute atomic E-state index is 13.3. The molecule has 0 bridgehead atoms. The van der Waals surface area contributed by atoms with E-state index >= 15 is 0 Å². The average molecular weight is 589 g/mol. The number of hydrogen-bond acceptors (Lipinski definition) is 6. The molecule has 2 N–H and O–H groups in total. The predicted octanol–water partition coefficient (Wildman–Crippen LogP) is 4.21. The molecule has 0 radical (unpaired) electrons. The molecule has 10 heteroatoms. The summed E-state index contributed by atoms with van der Waals surface area (Å²) < 4.78 is 6.00. The fourth-order valence-electron chi connectivity index (χ4n) is 4.08. The number of halogens is 1. The Morgan fingerprint density at radius 1 is 1.10 bits per heavy atom. The number of aromatic nitrogens is 1. The first-order valence-corrected chi connectivity index (χ1v) is 14.9. The molecule has 1 aromatic heterocycles. The van der Waals surface area contributed by atoms with Crippen LogP contribution in [0.4, 0.5) is 0 Å². The van der Waals surface area contributed by atoms with Gasteiger partial charge in [-0.2, -0.15) is 11.8 Å². The molecule has 0 spiro atoms. The summed E-state index contributed by atoms with van der Waals surface area (Å²) in [5, 5.41) is 13.9. The number of aryl methyl sites for hydroxylation is 1. The van der Waals surface area contributed by atoms with E-state index in [1.165, 1.54) is 0 Å². The number of thiazole rings is 1. The van der Waals surface area contributed by atoms with Crippen LogP contribution < -0.4 is 24.2 Å². The number of rotatable bonds is 12. The third kappa shape index (κ3) is 8.47. The van der Waals surface area contributed by atoms with E-state index < -0.39 is 17.9 Å². The SMILES string of the molecule is CSCC[C@H](NC(=O)c1ccc(COCc2cnc(-c3ccc(Cl)cc3)s2)cc1-c1ccccc1C)C(=O)O.[H-].[Li+]. The van der Waals surface area contributed by atoms with Gasteiger partial charge < -0.3 is 16.6 Å². The van der Waals surface area contributed by atoms with Gasteiger partial charge in [-0.25, -0.2) is 9.78 Å². The molecule has 0 aliphatic rings. The zero-order valence-corrected chi connectivity index (χ0v) is 25.0. The van der Waals surface area contributed by atoms with Crippen LogP contribution in [0.1, 0.15) is 34.2 Å². The average Bonchev–Trinajstić information content (AvgIpc) is 3.40. The van der Waals surface area contributed by atoms with Crippen molar-refractivity contribution >= 4 is 46.6 Å². The number of carboxylic acids is 1. The Hall–Kier alpha value is -2.57. The van der Waals surface area contributed by atoms with Gasteiger partial charge in [0.05, 0.1) is 18.1 Å². The van der Waals surface area contributed by atoms with Crippen molar-refractivity contribution in [1.29, 1.82) is 0 Å². The maximum Gasteiger partial charge on any atom is 1.00 e. The van der Waals surface area contributed by atoms with E-state index in [1.807, 2.05) is 80.0 Å². The summed E-state index contributed by atoms with van der Waals surface area (Å²) in [6, 6.07) is 20.0. The van der Waals surface area contributed by atoms with Crippen molar-refractivity contribution < 1.29 is 39.7 Å². The van der Waals surface area contributed by atoms with Crippen LogP contribution in [0.25, 0.3) is 21.7 Å². The molecular weight excluding hydrogens is 559 g/mol. The van der Waals surface area contributed by atoms with Gasteiger partial charge in [-0.15, -0.1) is 11.3 Å². The molecule has 40 heavy (non-hydrogen) atoms. The Balaban J connectivity index is 0.00000294. The molecular formula is C30H30ClLiN2O4S2. The molecule has 0 saturated carbocycles. The number of carbonyl (C=O) groups is 2. The predicted molar refractivity (Wildman–Crippen MR) is 161 cm³/mol. The molecule has 1 amide bonds. The van der Waals surface area contributed by atoms with Crippen molar-refractivity contribution in [2.24, 2.45) is 0 Å². The number of hydrogen-bond donors (Lipinski definition) is 2. The molecule has 0 aliphatic carbocycles. The van der Waals surface area contributed by atoms with Crippen LogP contribution in [0.2, 0.25) is 5.02 Å². The standard InChI is InChI=1S/C30H29ClN2O4S2.Li.H/c1-19-5-3-4-6-24(19)26-15-20(7-12-25(26)28(34)33-27(30(35)36)13-14-38-2)17-37-18-23-16-32-29(39-23)21-8-10-22(31)11-9-21;;/h3-12,15-16,27H,13-14,17-18H2,1-2H3,(H,33,34)(H,35,36);;/q;+1;-1/t27-;;/m0../s1. The van der Waals surface area contributed by atoms with Crippen molar-refractivity contribution in [2.45, 2.75) is 32.6 Å². The fraction of sp³-hybridized carbons (Fsp3) is 0.233. The van der Waals surface area contributed by atoms with Crippen molar-refractivity contribution in [3.8, 4) is 21.7 Å². The summed E-state index contributed by atoms with van der Waals surface area (Å²) in [5.41, 5.74) is 5.01. The molecule has 0 aliphatic heterocycles. The number of ether oxygens (including phenoxy) is 1. The number of benzene rings is 3. The number of carbonyl (C=O) groups excluding carboxylic acids is 1. The Bertz CT molecular complexity index is 1450. The molecule has 4 rings (SSSR count). The van der Waals surface area contributed by atoms with Gasteiger partial charge in [-0.05, 0) is 71.9 Å². The minimum Gasteiger partial charge on any atom is -1.00 e. The first-order chi connectivity index (χ1) is 18.9. The van der Waals surface area contributed by atoms with Crippen molar-refractivity contribution in [3.63, 3.8) is 0 Å². The van der Waals surface area contributed by atoms with Crippen molar-refractivity contribution in [2.75, 3.05) is 12.0 Å². The topological polar surface area (TPSA) is 88.5 Å². The summed E-state index contributed by atoms with van der Waals surface area (Å²) in [6.07, 6.45) is 4.08. The molecule has 0 fully saturated rings. The molecule has 0 unspecified atom stereocenters. The minimum atomic E-state index is -1.04. The van der Waals surface area contributed by atoms with Gasteiger partial charge in [-0.3, -0.25) is 4.79 Å². The molecule has 4 aromatic rings.